The van der Waals surface area contributed by atoms with Gasteiger partial charge in [-0.2, -0.15) is 4.98 Å². The van der Waals surface area contributed by atoms with Gasteiger partial charge in [0, 0.05) is 12.3 Å². The Morgan fingerprint density at radius 2 is 2.00 bits per heavy atom. The maximum absolute atomic E-state index is 5.51. The van der Waals surface area contributed by atoms with Crippen molar-refractivity contribution >= 4 is 0 Å². The SMILES string of the molecule is Cc1nccc(OCCOC(C)(C)C)n1. The molecule has 0 aliphatic carbocycles. The lowest BCUT2D eigenvalue weighted by molar-refractivity contribution is -0.0168. The molecule has 0 N–H and O–H groups in total. The van der Waals surface area contributed by atoms with Gasteiger partial charge in [0.15, 0.2) is 0 Å². The van der Waals surface area contributed by atoms with Crippen molar-refractivity contribution in [1.82, 2.24) is 9.97 Å². The summed E-state index contributed by atoms with van der Waals surface area (Å²) in [6, 6.07) is 1.74. The summed E-state index contributed by atoms with van der Waals surface area (Å²) in [5, 5.41) is 0. The predicted molar refractivity (Wildman–Crippen MR) is 58.0 cm³/mol. The van der Waals surface area contributed by atoms with Gasteiger partial charge in [0.05, 0.1) is 12.2 Å². The van der Waals surface area contributed by atoms with E-state index in [9.17, 15) is 0 Å². The van der Waals surface area contributed by atoms with E-state index in [1.807, 2.05) is 27.7 Å². The molecule has 1 heterocycles. The fourth-order valence-electron chi connectivity index (χ4n) is 1.01. The molecule has 0 aromatic carbocycles. The highest BCUT2D eigenvalue weighted by molar-refractivity contribution is 5.07. The Kier molecular flexibility index (Phi) is 4.03. The first-order valence-corrected chi connectivity index (χ1v) is 5.04. The molecule has 15 heavy (non-hydrogen) atoms. The molecule has 0 bridgehead atoms. The van der Waals surface area contributed by atoms with Gasteiger partial charge < -0.3 is 9.47 Å². The summed E-state index contributed by atoms with van der Waals surface area (Å²) < 4.78 is 10.9. The smallest absolute Gasteiger partial charge is 0.216 e. The normalized spacial score (nSPS) is 11.5. The number of hydrogen-bond acceptors (Lipinski definition) is 4. The molecule has 0 aliphatic heterocycles. The molecular weight excluding hydrogens is 192 g/mol. The maximum Gasteiger partial charge on any atom is 0.216 e. The maximum atomic E-state index is 5.51. The minimum absolute atomic E-state index is 0.120. The van der Waals surface area contributed by atoms with Crippen LogP contribution in [0.15, 0.2) is 12.3 Å². The Hall–Kier alpha value is -1.16. The first-order chi connectivity index (χ1) is 6.97. The van der Waals surface area contributed by atoms with Gasteiger partial charge >= 0.3 is 0 Å². The van der Waals surface area contributed by atoms with Crippen LogP contribution in [0.4, 0.5) is 0 Å². The van der Waals surface area contributed by atoms with Crippen molar-refractivity contribution in [2.45, 2.75) is 33.3 Å². The zero-order valence-corrected chi connectivity index (χ0v) is 9.78. The second kappa shape index (κ2) is 5.07. The molecule has 0 radical (unpaired) electrons. The molecule has 0 aliphatic rings. The third-order valence-electron chi connectivity index (χ3n) is 1.62. The van der Waals surface area contributed by atoms with Crippen LogP contribution in [0.25, 0.3) is 0 Å². The highest BCUT2D eigenvalue weighted by Crippen LogP contribution is 2.07. The van der Waals surface area contributed by atoms with Gasteiger partial charge in [-0.05, 0) is 27.7 Å². The van der Waals surface area contributed by atoms with Gasteiger partial charge in [-0.25, -0.2) is 4.98 Å². The minimum Gasteiger partial charge on any atom is -0.475 e. The summed E-state index contributed by atoms with van der Waals surface area (Å²) in [5.41, 5.74) is -0.120. The van der Waals surface area contributed by atoms with Crippen LogP contribution in [-0.2, 0) is 4.74 Å². The van der Waals surface area contributed by atoms with Crippen molar-refractivity contribution in [3.05, 3.63) is 18.1 Å². The summed E-state index contributed by atoms with van der Waals surface area (Å²) in [6.45, 7) is 8.95. The second-order valence-electron chi connectivity index (χ2n) is 4.25. The van der Waals surface area contributed by atoms with E-state index in [0.717, 1.165) is 0 Å². The third-order valence-corrected chi connectivity index (χ3v) is 1.62. The molecule has 0 amide bonds. The monoisotopic (exact) mass is 210 g/mol. The standard InChI is InChI=1S/C11H18N2O2/c1-9-12-6-5-10(13-9)14-7-8-15-11(2,3)4/h5-6H,7-8H2,1-4H3. The highest BCUT2D eigenvalue weighted by atomic mass is 16.5. The summed E-state index contributed by atoms with van der Waals surface area (Å²) in [7, 11) is 0. The summed E-state index contributed by atoms with van der Waals surface area (Å²) in [5.74, 6) is 1.31. The summed E-state index contributed by atoms with van der Waals surface area (Å²) >= 11 is 0. The summed E-state index contributed by atoms with van der Waals surface area (Å²) in [6.07, 6.45) is 1.68. The van der Waals surface area contributed by atoms with E-state index in [2.05, 4.69) is 9.97 Å². The van der Waals surface area contributed by atoms with Crippen LogP contribution >= 0.6 is 0 Å². The molecule has 0 spiro atoms. The Morgan fingerprint density at radius 3 is 2.60 bits per heavy atom. The van der Waals surface area contributed by atoms with Crippen molar-refractivity contribution in [3.63, 3.8) is 0 Å². The van der Waals surface area contributed by atoms with Crippen LogP contribution in [0.5, 0.6) is 5.88 Å². The first kappa shape index (κ1) is 11.9. The van der Waals surface area contributed by atoms with Crippen LogP contribution < -0.4 is 4.74 Å². The molecule has 0 unspecified atom stereocenters. The van der Waals surface area contributed by atoms with Crippen LogP contribution in [0.1, 0.15) is 26.6 Å². The van der Waals surface area contributed by atoms with Crippen LogP contribution in [-0.4, -0.2) is 28.8 Å². The average molecular weight is 210 g/mol. The molecule has 1 aromatic heterocycles. The van der Waals surface area contributed by atoms with Gasteiger partial charge in [0.25, 0.3) is 0 Å². The number of rotatable bonds is 4. The first-order valence-electron chi connectivity index (χ1n) is 5.04. The van der Waals surface area contributed by atoms with E-state index in [1.165, 1.54) is 0 Å². The van der Waals surface area contributed by atoms with Crippen molar-refractivity contribution in [3.8, 4) is 5.88 Å². The van der Waals surface area contributed by atoms with Gasteiger partial charge in [0.2, 0.25) is 5.88 Å². The molecule has 1 aromatic rings. The number of hydrogen-bond donors (Lipinski definition) is 0. The van der Waals surface area contributed by atoms with Crippen LogP contribution in [0, 0.1) is 6.92 Å². The molecule has 0 saturated carbocycles. The summed E-state index contributed by atoms with van der Waals surface area (Å²) in [4.78, 5) is 8.10. The Bertz CT molecular complexity index is 308. The molecular formula is C11H18N2O2. The van der Waals surface area contributed by atoms with Gasteiger partial charge in [-0.3, -0.25) is 0 Å². The zero-order chi connectivity index (χ0) is 11.3. The lowest BCUT2D eigenvalue weighted by Gasteiger charge is -2.19. The van der Waals surface area contributed by atoms with Crippen molar-refractivity contribution in [2.75, 3.05) is 13.2 Å². The molecule has 84 valence electrons. The molecule has 0 saturated heterocycles. The molecule has 4 heteroatoms. The third kappa shape index (κ3) is 5.32. The second-order valence-corrected chi connectivity index (χ2v) is 4.25. The van der Waals surface area contributed by atoms with Gasteiger partial charge in [0.1, 0.15) is 12.4 Å². The molecule has 1 rings (SSSR count). The fourth-order valence-corrected chi connectivity index (χ4v) is 1.01. The van der Waals surface area contributed by atoms with E-state index in [4.69, 9.17) is 9.47 Å². The van der Waals surface area contributed by atoms with Crippen molar-refractivity contribution < 1.29 is 9.47 Å². The van der Waals surface area contributed by atoms with Crippen molar-refractivity contribution in [2.24, 2.45) is 0 Å². The van der Waals surface area contributed by atoms with Crippen LogP contribution in [0.2, 0.25) is 0 Å². The Labute approximate surface area is 90.7 Å². The number of aromatic nitrogens is 2. The zero-order valence-electron chi connectivity index (χ0n) is 9.78. The fraction of sp³-hybridized carbons (Fsp3) is 0.636. The topological polar surface area (TPSA) is 44.2 Å². The quantitative estimate of drug-likeness (QED) is 0.713. The highest BCUT2D eigenvalue weighted by Gasteiger charge is 2.09. The van der Waals surface area contributed by atoms with E-state index in [-0.39, 0.29) is 5.60 Å². The van der Waals surface area contributed by atoms with E-state index in [1.54, 1.807) is 12.3 Å². The molecule has 0 atom stereocenters. The molecule has 4 nitrogen and oxygen atoms in total. The lowest BCUT2D eigenvalue weighted by atomic mass is 10.2. The van der Waals surface area contributed by atoms with E-state index < -0.39 is 0 Å². The lowest BCUT2D eigenvalue weighted by Crippen LogP contribution is -2.22. The van der Waals surface area contributed by atoms with Crippen molar-refractivity contribution in [1.29, 1.82) is 0 Å². The van der Waals surface area contributed by atoms with E-state index >= 15 is 0 Å². The average Bonchev–Trinajstić information content (AvgIpc) is 2.11. The number of nitrogens with zero attached hydrogens (tertiary/aromatic N) is 2. The largest absolute Gasteiger partial charge is 0.475 e. The number of ether oxygens (including phenoxy) is 2. The predicted octanol–water partition coefficient (Wildman–Crippen LogP) is 1.98. The number of aryl methyl sites for hydroxylation is 1. The van der Waals surface area contributed by atoms with Gasteiger partial charge in [-0.15, -0.1) is 0 Å². The minimum atomic E-state index is -0.120. The Morgan fingerprint density at radius 1 is 1.27 bits per heavy atom. The van der Waals surface area contributed by atoms with E-state index in [0.29, 0.717) is 24.9 Å². The van der Waals surface area contributed by atoms with Gasteiger partial charge in [-0.1, -0.05) is 0 Å². The Balaban J connectivity index is 2.26. The van der Waals surface area contributed by atoms with Crippen LogP contribution in [0.3, 0.4) is 0 Å². The molecule has 0 fully saturated rings.